The predicted molar refractivity (Wildman–Crippen MR) is 93.0 cm³/mol. The summed E-state index contributed by atoms with van der Waals surface area (Å²) in [6.45, 7) is 0. The quantitative estimate of drug-likeness (QED) is 0.671. The number of carbonyl (C=O) groups excluding carboxylic acids is 1. The SMILES string of the molecule is NC(=O)CCc1ccc(Cl)c(Oc2nc3cc(N)ccc3s2)c1F. The molecule has 0 fully saturated rings. The first-order chi connectivity index (χ1) is 11.4. The second-order valence-electron chi connectivity index (χ2n) is 5.12. The third-order valence-corrected chi connectivity index (χ3v) is 4.56. The number of benzene rings is 2. The fraction of sp³-hybridized carbons (Fsp3) is 0.125. The molecule has 0 atom stereocenters. The van der Waals surface area contributed by atoms with E-state index in [1.807, 2.05) is 6.07 Å². The van der Waals surface area contributed by atoms with Gasteiger partial charge in [-0.2, -0.15) is 0 Å². The first-order valence-corrected chi connectivity index (χ1v) is 8.22. The van der Waals surface area contributed by atoms with Crippen LogP contribution in [-0.4, -0.2) is 10.9 Å². The summed E-state index contributed by atoms with van der Waals surface area (Å²) in [7, 11) is 0. The largest absolute Gasteiger partial charge is 0.426 e. The fourth-order valence-corrected chi connectivity index (χ4v) is 3.16. The molecule has 0 unspecified atom stereocenters. The summed E-state index contributed by atoms with van der Waals surface area (Å²) in [5, 5.41) is 0.373. The van der Waals surface area contributed by atoms with E-state index in [-0.39, 0.29) is 28.8 Å². The van der Waals surface area contributed by atoms with Crippen molar-refractivity contribution >= 4 is 44.7 Å². The minimum Gasteiger partial charge on any atom is -0.426 e. The predicted octanol–water partition coefficient (Wildman–Crippen LogP) is 3.88. The number of hydrogen-bond donors (Lipinski definition) is 2. The number of thiazole rings is 1. The summed E-state index contributed by atoms with van der Waals surface area (Å²) < 4.78 is 21.0. The maximum absolute atomic E-state index is 14.6. The van der Waals surface area contributed by atoms with Gasteiger partial charge >= 0.3 is 0 Å². The van der Waals surface area contributed by atoms with E-state index in [0.717, 1.165) is 4.70 Å². The van der Waals surface area contributed by atoms with Crippen molar-refractivity contribution in [2.24, 2.45) is 5.73 Å². The maximum Gasteiger partial charge on any atom is 0.279 e. The number of amides is 1. The molecule has 0 spiro atoms. The highest BCUT2D eigenvalue weighted by Crippen LogP contribution is 2.37. The Hall–Kier alpha value is -2.38. The van der Waals surface area contributed by atoms with Gasteiger partial charge in [0.15, 0.2) is 11.6 Å². The van der Waals surface area contributed by atoms with E-state index >= 15 is 0 Å². The average Bonchev–Trinajstić information content (AvgIpc) is 2.92. The summed E-state index contributed by atoms with van der Waals surface area (Å²) in [4.78, 5) is 15.1. The van der Waals surface area contributed by atoms with Crippen LogP contribution in [0.25, 0.3) is 10.2 Å². The number of halogens is 2. The number of carbonyl (C=O) groups is 1. The Morgan fingerprint density at radius 3 is 2.88 bits per heavy atom. The molecule has 2 aromatic carbocycles. The van der Waals surface area contributed by atoms with Crippen LogP contribution in [0.3, 0.4) is 0 Å². The zero-order valence-electron chi connectivity index (χ0n) is 12.4. The van der Waals surface area contributed by atoms with Gasteiger partial charge in [0.25, 0.3) is 5.19 Å². The van der Waals surface area contributed by atoms with Crippen molar-refractivity contribution in [2.45, 2.75) is 12.8 Å². The van der Waals surface area contributed by atoms with Gasteiger partial charge in [-0.3, -0.25) is 4.79 Å². The molecule has 4 N–H and O–H groups in total. The van der Waals surface area contributed by atoms with E-state index in [1.165, 1.54) is 23.5 Å². The van der Waals surface area contributed by atoms with Crippen molar-refractivity contribution in [1.82, 2.24) is 4.98 Å². The van der Waals surface area contributed by atoms with Crippen molar-refractivity contribution in [2.75, 3.05) is 5.73 Å². The van der Waals surface area contributed by atoms with Crippen molar-refractivity contribution in [3.05, 3.63) is 46.7 Å². The molecule has 3 aromatic rings. The third-order valence-electron chi connectivity index (χ3n) is 3.35. The van der Waals surface area contributed by atoms with Crippen LogP contribution in [0.5, 0.6) is 10.9 Å². The van der Waals surface area contributed by atoms with E-state index in [2.05, 4.69) is 4.98 Å². The molecule has 5 nitrogen and oxygen atoms in total. The Kier molecular flexibility index (Phi) is 4.55. The first kappa shape index (κ1) is 16.5. The molecule has 1 aromatic heterocycles. The molecule has 0 bridgehead atoms. The smallest absolute Gasteiger partial charge is 0.279 e. The van der Waals surface area contributed by atoms with Crippen LogP contribution < -0.4 is 16.2 Å². The highest BCUT2D eigenvalue weighted by molar-refractivity contribution is 7.20. The summed E-state index contributed by atoms with van der Waals surface area (Å²) in [6.07, 6.45) is 0.212. The summed E-state index contributed by atoms with van der Waals surface area (Å²) in [5.74, 6) is -1.25. The van der Waals surface area contributed by atoms with Crippen LogP contribution in [0, 0.1) is 5.82 Å². The van der Waals surface area contributed by atoms with Crippen molar-refractivity contribution in [3.63, 3.8) is 0 Å². The molecule has 0 radical (unpaired) electrons. The highest BCUT2D eigenvalue weighted by atomic mass is 35.5. The van der Waals surface area contributed by atoms with Crippen molar-refractivity contribution in [1.29, 1.82) is 0 Å². The van der Waals surface area contributed by atoms with E-state index < -0.39 is 11.7 Å². The Labute approximate surface area is 146 Å². The number of aryl methyl sites for hydroxylation is 1. The molecule has 1 amide bonds. The Morgan fingerprint density at radius 1 is 1.33 bits per heavy atom. The standard InChI is InChI=1S/C16H13ClFN3O2S/c17-10-4-1-8(2-6-13(20)22)14(18)15(10)23-16-21-11-7-9(19)3-5-12(11)24-16/h1,3-5,7H,2,6,19H2,(H2,20,22). The van der Waals surface area contributed by atoms with E-state index in [4.69, 9.17) is 27.8 Å². The molecule has 0 aliphatic heterocycles. The summed E-state index contributed by atoms with van der Waals surface area (Å²) >= 11 is 7.29. The van der Waals surface area contributed by atoms with Gasteiger partial charge < -0.3 is 16.2 Å². The number of fused-ring (bicyclic) bond motifs is 1. The molecule has 0 aliphatic carbocycles. The van der Waals surface area contributed by atoms with Gasteiger partial charge in [0.2, 0.25) is 5.91 Å². The molecule has 3 rings (SSSR count). The number of hydrogen-bond acceptors (Lipinski definition) is 5. The Balaban J connectivity index is 1.92. The molecule has 8 heteroatoms. The zero-order chi connectivity index (χ0) is 17.3. The Morgan fingerprint density at radius 2 is 2.12 bits per heavy atom. The average molecular weight is 366 g/mol. The second-order valence-corrected chi connectivity index (χ2v) is 6.53. The van der Waals surface area contributed by atoms with Gasteiger partial charge in [-0.05, 0) is 36.2 Å². The molecular formula is C16H13ClFN3O2S. The van der Waals surface area contributed by atoms with E-state index in [9.17, 15) is 9.18 Å². The lowest BCUT2D eigenvalue weighted by Gasteiger charge is -2.09. The molecule has 1 heterocycles. The third kappa shape index (κ3) is 3.42. The number of rotatable bonds is 5. The van der Waals surface area contributed by atoms with Gasteiger partial charge in [0.05, 0.1) is 15.2 Å². The number of nitrogens with zero attached hydrogens (tertiary/aromatic N) is 1. The summed E-state index contributed by atoms with van der Waals surface area (Å²) in [6, 6.07) is 8.30. The molecule has 0 saturated heterocycles. The molecule has 124 valence electrons. The number of anilines is 1. The number of aromatic nitrogens is 1. The molecule has 0 saturated carbocycles. The van der Waals surface area contributed by atoms with Crippen molar-refractivity contribution < 1.29 is 13.9 Å². The minimum atomic E-state index is -0.623. The van der Waals surface area contributed by atoms with Crippen LogP contribution in [0.4, 0.5) is 10.1 Å². The van der Waals surface area contributed by atoms with Gasteiger partial charge in [-0.15, -0.1) is 0 Å². The minimum absolute atomic E-state index is 0.0401. The van der Waals surface area contributed by atoms with Crippen LogP contribution >= 0.6 is 22.9 Å². The Bertz CT molecular complexity index is 929. The second kappa shape index (κ2) is 6.62. The van der Waals surface area contributed by atoms with Gasteiger partial charge in [0, 0.05) is 12.1 Å². The maximum atomic E-state index is 14.6. The number of primary amides is 1. The first-order valence-electron chi connectivity index (χ1n) is 7.03. The number of nitrogen functional groups attached to an aromatic ring is 1. The van der Waals surface area contributed by atoms with E-state index in [0.29, 0.717) is 16.8 Å². The van der Waals surface area contributed by atoms with Crippen molar-refractivity contribution in [3.8, 4) is 10.9 Å². The van der Waals surface area contributed by atoms with Crippen LogP contribution in [0.2, 0.25) is 5.02 Å². The van der Waals surface area contributed by atoms with Gasteiger partial charge in [-0.25, -0.2) is 9.37 Å². The molecule has 24 heavy (non-hydrogen) atoms. The number of nitrogens with two attached hydrogens (primary N) is 2. The van der Waals surface area contributed by atoms with Crippen LogP contribution in [0.1, 0.15) is 12.0 Å². The van der Waals surface area contributed by atoms with E-state index in [1.54, 1.807) is 12.1 Å². The lowest BCUT2D eigenvalue weighted by atomic mass is 10.1. The summed E-state index contributed by atoms with van der Waals surface area (Å²) in [5.41, 5.74) is 12.4. The molecule has 0 aliphatic rings. The topological polar surface area (TPSA) is 91.2 Å². The van der Waals surface area contributed by atoms with Crippen LogP contribution in [-0.2, 0) is 11.2 Å². The lowest BCUT2D eigenvalue weighted by Crippen LogP contribution is -2.11. The number of ether oxygens (including phenoxy) is 1. The van der Waals surface area contributed by atoms with Gasteiger partial charge in [0.1, 0.15) is 0 Å². The monoisotopic (exact) mass is 365 g/mol. The lowest BCUT2D eigenvalue weighted by molar-refractivity contribution is -0.117. The fourth-order valence-electron chi connectivity index (χ4n) is 2.17. The highest BCUT2D eigenvalue weighted by Gasteiger charge is 2.17. The normalized spacial score (nSPS) is 10.9. The van der Waals surface area contributed by atoms with Gasteiger partial charge in [-0.1, -0.05) is 29.0 Å². The molecular weight excluding hydrogens is 353 g/mol. The van der Waals surface area contributed by atoms with Crippen LogP contribution in [0.15, 0.2) is 30.3 Å². The zero-order valence-corrected chi connectivity index (χ0v) is 14.0.